The first kappa shape index (κ1) is 16.8. The maximum absolute atomic E-state index is 12.7. The normalized spacial score (nSPS) is 16.7. The second kappa shape index (κ2) is 7.25. The molecule has 8 nitrogen and oxygen atoms in total. The van der Waals surface area contributed by atoms with Crippen molar-refractivity contribution in [1.82, 2.24) is 25.2 Å². The van der Waals surface area contributed by atoms with Gasteiger partial charge in [0.1, 0.15) is 17.4 Å². The molecule has 130 valence electrons. The maximum atomic E-state index is 12.7. The number of pyridine rings is 1. The monoisotopic (exact) mass is 341 g/mol. The van der Waals surface area contributed by atoms with Crippen LogP contribution in [0.25, 0.3) is 11.4 Å². The zero-order valence-electron chi connectivity index (χ0n) is 13.9. The highest BCUT2D eigenvalue weighted by molar-refractivity contribution is 5.97. The molecule has 8 heteroatoms. The van der Waals surface area contributed by atoms with Gasteiger partial charge < -0.3 is 15.2 Å². The first-order chi connectivity index (χ1) is 12.1. The van der Waals surface area contributed by atoms with E-state index in [1.807, 2.05) is 6.92 Å². The summed E-state index contributed by atoms with van der Waals surface area (Å²) >= 11 is 0. The van der Waals surface area contributed by atoms with Crippen molar-refractivity contribution in [3.63, 3.8) is 0 Å². The Labute approximate surface area is 144 Å². The van der Waals surface area contributed by atoms with Crippen molar-refractivity contribution < 1.29 is 9.59 Å². The number of carbonyl (C=O) groups excluding carboxylic acids is 2. The average Bonchev–Trinajstić information content (AvgIpc) is 3.12. The highest BCUT2D eigenvalue weighted by Gasteiger charge is 2.35. The molecule has 0 aromatic carbocycles. The minimum absolute atomic E-state index is 0.0659. The van der Waals surface area contributed by atoms with Crippen molar-refractivity contribution >= 4 is 11.8 Å². The van der Waals surface area contributed by atoms with E-state index < -0.39 is 17.5 Å². The third-order valence-electron chi connectivity index (χ3n) is 4.13. The van der Waals surface area contributed by atoms with Gasteiger partial charge in [-0.1, -0.05) is 0 Å². The van der Waals surface area contributed by atoms with Crippen LogP contribution in [0, 0.1) is 0 Å². The fourth-order valence-corrected chi connectivity index (χ4v) is 2.93. The van der Waals surface area contributed by atoms with Crippen LogP contribution in [0.1, 0.15) is 30.1 Å². The smallest absolute Gasteiger partial charge is 0.264 e. The fourth-order valence-electron chi connectivity index (χ4n) is 2.93. The van der Waals surface area contributed by atoms with E-state index in [0.29, 0.717) is 30.9 Å². The molecule has 1 saturated heterocycles. The largest absolute Gasteiger partial charge is 0.355 e. The summed E-state index contributed by atoms with van der Waals surface area (Å²) in [7, 11) is 0. The number of hydrogen-bond donors (Lipinski definition) is 2. The molecule has 1 aliphatic heterocycles. The Morgan fingerprint density at radius 1 is 1.40 bits per heavy atom. The number of nitrogens with zero attached hydrogens (tertiary/aromatic N) is 3. The highest BCUT2D eigenvalue weighted by Crippen LogP contribution is 2.19. The van der Waals surface area contributed by atoms with Crippen molar-refractivity contribution in [1.29, 1.82) is 0 Å². The first-order valence-electron chi connectivity index (χ1n) is 8.20. The molecule has 3 heterocycles. The number of carbonyl (C=O) groups is 2. The van der Waals surface area contributed by atoms with Gasteiger partial charge in [0, 0.05) is 37.2 Å². The van der Waals surface area contributed by atoms with Gasteiger partial charge in [0.15, 0.2) is 0 Å². The van der Waals surface area contributed by atoms with Crippen molar-refractivity contribution in [2.45, 2.75) is 25.8 Å². The first-order valence-corrected chi connectivity index (χ1v) is 8.20. The summed E-state index contributed by atoms with van der Waals surface area (Å²) in [5.74, 6) is -0.318. The van der Waals surface area contributed by atoms with Crippen molar-refractivity contribution in [2.24, 2.45) is 0 Å². The molecular formula is C17H19N5O3. The summed E-state index contributed by atoms with van der Waals surface area (Å²) in [4.78, 5) is 49.4. The van der Waals surface area contributed by atoms with Crippen molar-refractivity contribution in [3.05, 3.63) is 46.6 Å². The Bertz CT molecular complexity index is 834. The van der Waals surface area contributed by atoms with E-state index in [1.165, 1.54) is 11.1 Å². The molecule has 3 rings (SSSR count). The van der Waals surface area contributed by atoms with Crippen LogP contribution >= 0.6 is 0 Å². The second-order valence-electron chi connectivity index (χ2n) is 5.77. The molecular weight excluding hydrogens is 322 g/mol. The zero-order chi connectivity index (χ0) is 17.8. The van der Waals surface area contributed by atoms with Gasteiger partial charge in [-0.2, -0.15) is 0 Å². The van der Waals surface area contributed by atoms with Crippen LogP contribution in [0.15, 0.2) is 35.5 Å². The molecule has 0 aliphatic carbocycles. The van der Waals surface area contributed by atoms with Gasteiger partial charge in [0.05, 0.1) is 0 Å². The van der Waals surface area contributed by atoms with Crippen LogP contribution < -0.4 is 10.9 Å². The van der Waals surface area contributed by atoms with E-state index in [4.69, 9.17) is 0 Å². The van der Waals surface area contributed by atoms with Crippen LogP contribution in [-0.4, -0.2) is 50.8 Å². The number of rotatable bonds is 4. The molecule has 1 aliphatic rings. The number of nitrogens with one attached hydrogen (secondary N) is 2. The van der Waals surface area contributed by atoms with Crippen molar-refractivity contribution in [3.8, 4) is 11.4 Å². The molecule has 1 atom stereocenters. The predicted molar refractivity (Wildman–Crippen MR) is 90.8 cm³/mol. The van der Waals surface area contributed by atoms with Crippen LogP contribution in [0.3, 0.4) is 0 Å². The quantitative estimate of drug-likeness (QED) is 0.845. The third kappa shape index (κ3) is 3.42. The lowest BCUT2D eigenvalue weighted by molar-refractivity contribution is -0.124. The predicted octanol–water partition coefficient (Wildman–Crippen LogP) is 0.573. The van der Waals surface area contributed by atoms with Crippen LogP contribution in [-0.2, 0) is 4.79 Å². The molecule has 2 N–H and O–H groups in total. The second-order valence-corrected chi connectivity index (χ2v) is 5.77. The molecule has 0 bridgehead atoms. The number of likely N-dealkylation sites (N-methyl/N-ethyl adjacent to an activating group) is 1. The Morgan fingerprint density at radius 3 is 2.92 bits per heavy atom. The lowest BCUT2D eigenvalue weighted by Gasteiger charge is -2.23. The minimum Gasteiger partial charge on any atom is -0.355 e. The molecule has 25 heavy (non-hydrogen) atoms. The Morgan fingerprint density at radius 2 is 2.24 bits per heavy atom. The number of aromatic amines is 1. The van der Waals surface area contributed by atoms with E-state index in [0.717, 1.165) is 6.42 Å². The van der Waals surface area contributed by atoms with Gasteiger partial charge in [-0.15, -0.1) is 0 Å². The number of amides is 2. The average molecular weight is 341 g/mol. The van der Waals surface area contributed by atoms with Gasteiger partial charge >= 0.3 is 0 Å². The highest BCUT2D eigenvalue weighted by atomic mass is 16.2. The molecule has 0 spiro atoms. The Balaban J connectivity index is 1.85. The Hall–Kier alpha value is -3.03. The zero-order valence-corrected chi connectivity index (χ0v) is 13.9. The molecule has 1 fully saturated rings. The molecule has 0 radical (unpaired) electrons. The molecule has 2 aromatic heterocycles. The summed E-state index contributed by atoms with van der Waals surface area (Å²) in [5, 5.41) is 2.73. The molecule has 0 unspecified atom stereocenters. The summed E-state index contributed by atoms with van der Waals surface area (Å²) < 4.78 is 0. The van der Waals surface area contributed by atoms with Gasteiger partial charge in [0.25, 0.3) is 11.5 Å². The van der Waals surface area contributed by atoms with Crippen molar-refractivity contribution in [2.75, 3.05) is 13.1 Å². The van der Waals surface area contributed by atoms with E-state index in [-0.39, 0.29) is 11.5 Å². The molecule has 2 aromatic rings. The van der Waals surface area contributed by atoms with E-state index in [1.54, 1.807) is 24.5 Å². The van der Waals surface area contributed by atoms with Gasteiger partial charge in [-0.05, 0) is 31.9 Å². The third-order valence-corrected chi connectivity index (χ3v) is 4.13. The summed E-state index contributed by atoms with van der Waals surface area (Å²) in [6.45, 7) is 2.77. The van der Waals surface area contributed by atoms with E-state index in [9.17, 15) is 14.4 Å². The minimum atomic E-state index is -0.537. The Kier molecular flexibility index (Phi) is 4.87. The molecule has 0 saturated carbocycles. The lowest BCUT2D eigenvalue weighted by atomic mass is 10.2. The summed E-state index contributed by atoms with van der Waals surface area (Å²) in [6, 6.07) is 2.96. The molecule has 2 amide bonds. The van der Waals surface area contributed by atoms with Crippen LogP contribution in [0.2, 0.25) is 0 Å². The van der Waals surface area contributed by atoms with Crippen LogP contribution in [0.4, 0.5) is 0 Å². The lowest BCUT2D eigenvalue weighted by Crippen LogP contribution is -2.47. The topological polar surface area (TPSA) is 108 Å². The van der Waals surface area contributed by atoms with Gasteiger partial charge in [-0.25, -0.2) is 4.98 Å². The van der Waals surface area contributed by atoms with E-state index in [2.05, 4.69) is 20.3 Å². The van der Waals surface area contributed by atoms with Crippen LogP contribution in [0.5, 0.6) is 0 Å². The summed E-state index contributed by atoms with van der Waals surface area (Å²) in [5.41, 5.74) is 0.0595. The number of likely N-dealkylation sites (tertiary alicyclic amines) is 1. The number of H-pyrrole nitrogens is 1. The van der Waals surface area contributed by atoms with E-state index >= 15 is 0 Å². The SMILES string of the molecule is CCNC(=O)[C@@H]1CCCN1C(=O)c1cnc(-c2cccnc2)[nH]c1=O. The van der Waals surface area contributed by atoms with Gasteiger partial charge in [0.2, 0.25) is 5.91 Å². The number of aromatic nitrogens is 3. The maximum Gasteiger partial charge on any atom is 0.264 e. The standard InChI is InChI=1S/C17H19N5O3/c1-2-19-16(24)13-6-4-8-22(13)17(25)12-10-20-14(21-15(12)23)11-5-3-7-18-9-11/h3,5,7,9-10,13H,2,4,6,8H2,1H3,(H,19,24)(H,20,21,23)/t13-/m0/s1. The number of hydrogen-bond acceptors (Lipinski definition) is 5. The summed E-state index contributed by atoms with van der Waals surface area (Å²) in [6.07, 6.45) is 5.78. The van der Waals surface area contributed by atoms with Gasteiger partial charge in [-0.3, -0.25) is 19.4 Å². The fraction of sp³-hybridized carbons (Fsp3) is 0.353.